The molecule has 1 heterocycles. The number of unbranched alkanes of at least 4 members (excludes halogenated alkanes) is 38. The zero-order valence-electron chi connectivity index (χ0n) is 36.9. The van der Waals surface area contributed by atoms with Crippen molar-refractivity contribution in [1.29, 1.82) is 0 Å². The van der Waals surface area contributed by atoms with Gasteiger partial charge in [-0.15, -0.1) is 0 Å². The van der Waals surface area contributed by atoms with Crippen LogP contribution < -0.4 is 0 Å². The number of hydrogen-bond acceptors (Lipinski definition) is 3. The Bertz CT molecular complexity index is 608. The first kappa shape index (κ1) is 51.1. The second kappa shape index (κ2) is 44.8. The zero-order chi connectivity index (χ0) is 37.8. The van der Waals surface area contributed by atoms with E-state index in [1.807, 2.05) is 0 Å². The summed E-state index contributed by atoms with van der Waals surface area (Å²) < 4.78 is 19.1. The highest BCUT2D eigenvalue weighted by molar-refractivity contribution is 6.46. The van der Waals surface area contributed by atoms with Gasteiger partial charge in [0.2, 0.25) is 0 Å². The van der Waals surface area contributed by atoms with Gasteiger partial charge in [0.15, 0.2) is 0 Å². The number of hydrogen-bond donors (Lipinski definition) is 0. The molecule has 0 aromatic rings. The van der Waals surface area contributed by atoms with E-state index in [0.29, 0.717) is 0 Å². The van der Waals surface area contributed by atoms with Gasteiger partial charge >= 0.3 is 9.28 Å². The van der Waals surface area contributed by atoms with Crippen LogP contribution in [0.5, 0.6) is 0 Å². The average Bonchev–Trinajstić information content (AvgIpc) is 3.18. The molecular weight excluding hydrogens is 665 g/mol. The second-order valence-electron chi connectivity index (χ2n) is 17.5. The SMILES string of the molecule is CCCCCCCCCCCCCCCCCCCCCCO[SiH](OCCCCCCCCCCCCCCCCCCCCCC)C1CCCCO1. The van der Waals surface area contributed by atoms with Gasteiger partial charge < -0.3 is 13.6 Å². The third-order valence-corrected chi connectivity index (χ3v) is 14.3. The lowest BCUT2D eigenvalue weighted by molar-refractivity contribution is 0.0272. The highest BCUT2D eigenvalue weighted by Crippen LogP contribution is 2.20. The van der Waals surface area contributed by atoms with E-state index >= 15 is 0 Å². The van der Waals surface area contributed by atoms with E-state index in [0.717, 1.165) is 26.2 Å². The maximum absolute atomic E-state index is 6.45. The maximum Gasteiger partial charge on any atom is 0.351 e. The lowest BCUT2D eigenvalue weighted by atomic mass is 10.0. The minimum absolute atomic E-state index is 0.277. The van der Waals surface area contributed by atoms with E-state index in [9.17, 15) is 0 Å². The van der Waals surface area contributed by atoms with E-state index in [4.69, 9.17) is 13.6 Å². The molecule has 1 aliphatic heterocycles. The predicted molar refractivity (Wildman–Crippen MR) is 239 cm³/mol. The van der Waals surface area contributed by atoms with Crippen molar-refractivity contribution in [3.63, 3.8) is 0 Å². The fourth-order valence-electron chi connectivity index (χ4n) is 8.36. The standard InChI is InChI=1S/C49H100O3Si/c1-3-5-7-9-11-13-15-17-19-21-23-25-27-29-31-33-35-37-39-42-47-51-53(49-45-41-44-46-50-49)52-48-43-40-38-36-34-32-30-28-26-24-22-20-18-16-14-12-10-8-6-4-2/h49,53H,3-48H2,1-2H3. The van der Waals surface area contributed by atoms with E-state index in [1.165, 1.54) is 270 Å². The largest absolute Gasteiger partial charge is 0.395 e. The molecule has 1 aliphatic rings. The Morgan fingerprint density at radius 1 is 0.340 bits per heavy atom. The molecule has 0 aliphatic carbocycles. The molecule has 0 aromatic heterocycles. The Balaban J connectivity index is 1.87. The summed E-state index contributed by atoms with van der Waals surface area (Å²) in [6.45, 7) is 7.29. The molecule has 0 N–H and O–H groups in total. The highest BCUT2D eigenvalue weighted by atomic mass is 28.3. The molecule has 0 amide bonds. The summed E-state index contributed by atoms with van der Waals surface area (Å²) in [6, 6.07) is 0. The molecule has 0 radical (unpaired) electrons. The fraction of sp³-hybridized carbons (Fsp3) is 1.00. The monoisotopic (exact) mass is 765 g/mol. The second-order valence-corrected chi connectivity index (χ2v) is 19.6. The Kier molecular flexibility index (Phi) is 43.2. The van der Waals surface area contributed by atoms with Crippen molar-refractivity contribution in [2.75, 3.05) is 19.8 Å². The van der Waals surface area contributed by atoms with Crippen LogP contribution in [-0.4, -0.2) is 34.8 Å². The van der Waals surface area contributed by atoms with Gasteiger partial charge in [-0.05, 0) is 32.1 Å². The molecule has 1 fully saturated rings. The molecule has 4 heteroatoms. The van der Waals surface area contributed by atoms with Crippen LogP contribution in [0, 0.1) is 0 Å². The smallest absolute Gasteiger partial charge is 0.351 e. The molecule has 3 nitrogen and oxygen atoms in total. The molecule has 0 aromatic carbocycles. The number of rotatable bonds is 45. The van der Waals surface area contributed by atoms with Crippen LogP contribution in [-0.2, 0) is 13.6 Å². The summed E-state index contributed by atoms with van der Waals surface area (Å²) in [5.74, 6) is 0. The molecule has 318 valence electrons. The van der Waals surface area contributed by atoms with Gasteiger partial charge in [0.25, 0.3) is 0 Å². The topological polar surface area (TPSA) is 27.7 Å². The third kappa shape index (κ3) is 38.7. The summed E-state index contributed by atoms with van der Waals surface area (Å²) in [5.41, 5.74) is 0.277. The van der Waals surface area contributed by atoms with Crippen LogP contribution >= 0.6 is 0 Å². The normalized spacial score (nSPS) is 14.9. The molecule has 1 atom stereocenters. The van der Waals surface area contributed by atoms with Gasteiger partial charge in [0.05, 0.1) is 5.73 Å². The van der Waals surface area contributed by atoms with Gasteiger partial charge in [-0.2, -0.15) is 0 Å². The summed E-state index contributed by atoms with van der Waals surface area (Å²) in [5, 5.41) is 0. The fourth-order valence-corrected chi connectivity index (χ4v) is 10.5. The Morgan fingerprint density at radius 2 is 0.585 bits per heavy atom. The lowest BCUT2D eigenvalue weighted by Crippen LogP contribution is -2.41. The predicted octanol–water partition coefficient (Wildman–Crippen LogP) is 17.0. The van der Waals surface area contributed by atoms with Gasteiger partial charge in [-0.25, -0.2) is 0 Å². The van der Waals surface area contributed by atoms with Gasteiger partial charge in [-0.3, -0.25) is 0 Å². The zero-order valence-corrected chi connectivity index (χ0v) is 38.1. The average molecular weight is 765 g/mol. The summed E-state index contributed by atoms with van der Waals surface area (Å²) in [4.78, 5) is 0. The van der Waals surface area contributed by atoms with Crippen molar-refractivity contribution < 1.29 is 13.6 Å². The first-order valence-corrected chi connectivity index (χ1v) is 26.8. The first-order chi connectivity index (χ1) is 26.4. The van der Waals surface area contributed by atoms with Crippen LogP contribution in [0.3, 0.4) is 0 Å². The minimum Gasteiger partial charge on any atom is -0.395 e. The van der Waals surface area contributed by atoms with E-state index in [-0.39, 0.29) is 5.73 Å². The lowest BCUT2D eigenvalue weighted by Gasteiger charge is -2.28. The Labute approximate surface area is 337 Å². The summed E-state index contributed by atoms with van der Waals surface area (Å²) in [6.07, 6.45) is 60.7. The van der Waals surface area contributed by atoms with Crippen molar-refractivity contribution in [1.82, 2.24) is 0 Å². The first-order valence-electron chi connectivity index (χ1n) is 25.2. The van der Waals surface area contributed by atoms with E-state index in [2.05, 4.69) is 13.8 Å². The summed E-state index contributed by atoms with van der Waals surface area (Å²) in [7, 11) is -1.74. The quantitative estimate of drug-likeness (QED) is 0.0456. The summed E-state index contributed by atoms with van der Waals surface area (Å²) >= 11 is 0. The van der Waals surface area contributed by atoms with Crippen molar-refractivity contribution in [2.45, 2.75) is 296 Å². The van der Waals surface area contributed by atoms with Crippen LogP contribution in [0.4, 0.5) is 0 Å². The number of ether oxygens (including phenoxy) is 1. The Morgan fingerprint density at radius 3 is 0.811 bits per heavy atom. The van der Waals surface area contributed by atoms with Crippen LogP contribution in [0.1, 0.15) is 290 Å². The third-order valence-electron chi connectivity index (χ3n) is 12.1. The maximum atomic E-state index is 6.45. The van der Waals surface area contributed by atoms with E-state index < -0.39 is 9.28 Å². The molecule has 53 heavy (non-hydrogen) atoms. The van der Waals surface area contributed by atoms with Crippen LogP contribution in [0.15, 0.2) is 0 Å². The van der Waals surface area contributed by atoms with Crippen molar-refractivity contribution >= 4 is 9.28 Å². The van der Waals surface area contributed by atoms with Crippen molar-refractivity contribution in [3.8, 4) is 0 Å². The van der Waals surface area contributed by atoms with Crippen molar-refractivity contribution in [3.05, 3.63) is 0 Å². The van der Waals surface area contributed by atoms with Crippen molar-refractivity contribution in [2.24, 2.45) is 0 Å². The molecule has 1 rings (SSSR count). The van der Waals surface area contributed by atoms with Crippen LogP contribution in [0.25, 0.3) is 0 Å². The van der Waals surface area contributed by atoms with Crippen LogP contribution in [0.2, 0.25) is 0 Å². The molecule has 1 saturated heterocycles. The minimum atomic E-state index is -1.74. The molecule has 0 bridgehead atoms. The van der Waals surface area contributed by atoms with Gasteiger partial charge in [-0.1, -0.05) is 258 Å². The Hall–Kier alpha value is 0.0969. The highest BCUT2D eigenvalue weighted by Gasteiger charge is 2.29. The van der Waals surface area contributed by atoms with Gasteiger partial charge in [0.1, 0.15) is 0 Å². The van der Waals surface area contributed by atoms with Gasteiger partial charge in [0, 0.05) is 19.8 Å². The molecule has 1 unspecified atom stereocenters. The van der Waals surface area contributed by atoms with E-state index in [1.54, 1.807) is 0 Å². The molecule has 0 saturated carbocycles. The molecule has 0 spiro atoms. The molecular formula is C49H100O3Si.